The fraction of sp³-hybridized carbons (Fsp3) is 0.526. The van der Waals surface area contributed by atoms with Crippen molar-refractivity contribution in [2.75, 3.05) is 26.2 Å². The van der Waals surface area contributed by atoms with Gasteiger partial charge in [-0.15, -0.1) is 0 Å². The second-order valence-corrected chi connectivity index (χ2v) is 6.73. The lowest BCUT2D eigenvalue weighted by Gasteiger charge is -2.33. The highest BCUT2D eigenvalue weighted by atomic mass is 19.1. The SMILES string of the molecule is O[C@@H](COCc1ccccc1F)CN1CCC(Cn2cccn2)CC1. The van der Waals surface area contributed by atoms with Crippen LogP contribution in [0.15, 0.2) is 42.7 Å². The Morgan fingerprint density at radius 3 is 2.76 bits per heavy atom. The summed E-state index contributed by atoms with van der Waals surface area (Å²) in [6.45, 7) is 3.95. The highest BCUT2D eigenvalue weighted by Gasteiger charge is 2.21. The van der Waals surface area contributed by atoms with E-state index in [2.05, 4.69) is 10.00 Å². The van der Waals surface area contributed by atoms with E-state index in [1.54, 1.807) is 18.2 Å². The molecule has 0 radical (unpaired) electrons. The summed E-state index contributed by atoms with van der Waals surface area (Å²) in [5.74, 6) is 0.377. The summed E-state index contributed by atoms with van der Waals surface area (Å²) < 4.78 is 21.0. The quantitative estimate of drug-likeness (QED) is 0.796. The summed E-state index contributed by atoms with van der Waals surface area (Å²) in [6.07, 6.45) is 5.50. The minimum atomic E-state index is -0.547. The number of piperidine rings is 1. The molecule has 136 valence electrons. The van der Waals surface area contributed by atoms with Gasteiger partial charge in [-0.2, -0.15) is 5.10 Å². The smallest absolute Gasteiger partial charge is 0.128 e. The molecule has 5 nitrogen and oxygen atoms in total. The third-order valence-electron chi connectivity index (χ3n) is 4.71. The first-order chi connectivity index (χ1) is 12.2. The molecule has 0 amide bonds. The fourth-order valence-corrected chi connectivity index (χ4v) is 3.30. The largest absolute Gasteiger partial charge is 0.389 e. The predicted octanol–water partition coefficient (Wildman–Crippen LogP) is 2.31. The molecule has 6 heteroatoms. The summed E-state index contributed by atoms with van der Waals surface area (Å²) in [5.41, 5.74) is 0.522. The average Bonchev–Trinajstić information content (AvgIpc) is 3.11. The van der Waals surface area contributed by atoms with Gasteiger partial charge >= 0.3 is 0 Å². The molecule has 3 rings (SSSR count). The van der Waals surface area contributed by atoms with Crippen LogP contribution in [-0.2, 0) is 17.9 Å². The third-order valence-corrected chi connectivity index (χ3v) is 4.71. The zero-order chi connectivity index (χ0) is 17.5. The highest BCUT2D eigenvalue weighted by molar-refractivity contribution is 5.16. The molecule has 2 heterocycles. The Morgan fingerprint density at radius 1 is 1.24 bits per heavy atom. The number of likely N-dealkylation sites (tertiary alicyclic amines) is 1. The van der Waals surface area contributed by atoms with Gasteiger partial charge in [-0.1, -0.05) is 18.2 Å². The van der Waals surface area contributed by atoms with Gasteiger partial charge in [0.05, 0.1) is 19.3 Å². The first kappa shape index (κ1) is 18.0. The van der Waals surface area contributed by atoms with Gasteiger partial charge in [-0.3, -0.25) is 4.68 Å². The molecular weight excluding hydrogens is 321 g/mol. The van der Waals surface area contributed by atoms with Crippen molar-refractivity contribution in [2.45, 2.75) is 32.1 Å². The molecule has 1 aliphatic heterocycles. The summed E-state index contributed by atoms with van der Waals surface area (Å²) in [6, 6.07) is 8.51. The van der Waals surface area contributed by atoms with Crippen molar-refractivity contribution in [3.05, 3.63) is 54.1 Å². The number of hydrogen-bond donors (Lipinski definition) is 1. The van der Waals surface area contributed by atoms with Crippen LogP contribution < -0.4 is 0 Å². The Balaban J connectivity index is 1.32. The molecule has 1 aromatic carbocycles. The van der Waals surface area contributed by atoms with Crippen molar-refractivity contribution >= 4 is 0 Å². The predicted molar refractivity (Wildman–Crippen MR) is 93.5 cm³/mol. The third kappa shape index (κ3) is 5.63. The maximum absolute atomic E-state index is 13.5. The van der Waals surface area contributed by atoms with Gasteiger partial charge in [0.1, 0.15) is 5.82 Å². The van der Waals surface area contributed by atoms with Crippen LogP contribution in [0.5, 0.6) is 0 Å². The maximum atomic E-state index is 13.5. The van der Waals surface area contributed by atoms with E-state index in [1.807, 2.05) is 23.1 Å². The van der Waals surface area contributed by atoms with Gasteiger partial charge in [0.15, 0.2) is 0 Å². The van der Waals surface area contributed by atoms with Crippen molar-refractivity contribution in [3.63, 3.8) is 0 Å². The Morgan fingerprint density at radius 2 is 2.04 bits per heavy atom. The molecule has 0 saturated carbocycles. The van der Waals surface area contributed by atoms with Crippen LogP contribution in [0, 0.1) is 11.7 Å². The van der Waals surface area contributed by atoms with Gasteiger partial charge in [-0.25, -0.2) is 4.39 Å². The molecule has 25 heavy (non-hydrogen) atoms. The Labute approximate surface area is 148 Å². The van der Waals surface area contributed by atoms with Crippen LogP contribution >= 0.6 is 0 Å². The monoisotopic (exact) mass is 347 g/mol. The second kappa shape index (κ2) is 9.08. The van der Waals surface area contributed by atoms with Crippen LogP contribution in [0.1, 0.15) is 18.4 Å². The van der Waals surface area contributed by atoms with E-state index in [0.29, 0.717) is 18.0 Å². The molecule has 0 spiro atoms. The maximum Gasteiger partial charge on any atom is 0.128 e. The van der Waals surface area contributed by atoms with E-state index in [1.165, 1.54) is 6.07 Å². The molecule has 1 atom stereocenters. The summed E-state index contributed by atoms with van der Waals surface area (Å²) in [5, 5.41) is 14.4. The van der Waals surface area contributed by atoms with Crippen molar-refractivity contribution in [3.8, 4) is 0 Å². The van der Waals surface area contributed by atoms with Crippen molar-refractivity contribution in [1.29, 1.82) is 0 Å². The van der Waals surface area contributed by atoms with E-state index < -0.39 is 6.10 Å². The second-order valence-electron chi connectivity index (χ2n) is 6.73. The number of β-amino-alcohol motifs (C(OH)–C–C–N with tert-alkyl or cyclic N) is 1. The van der Waals surface area contributed by atoms with E-state index in [-0.39, 0.29) is 19.0 Å². The van der Waals surface area contributed by atoms with Gasteiger partial charge in [-0.05, 0) is 44.0 Å². The summed E-state index contributed by atoms with van der Waals surface area (Å²) >= 11 is 0. The van der Waals surface area contributed by atoms with Gasteiger partial charge < -0.3 is 14.7 Å². The lowest BCUT2D eigenvalue weighted by molar-refractivity contribution is 0.00326. The number of aliphatic hydroxyl groups excluding tert-OH is 1. The number of halogens is 1. The van der Waals surface area contributed by atoms with Crippen molar-refractivity contribution in [1.82, 2.24) is 14.7 Å². The fourth-order valence-electron chi connectivity index (χ4n) is 3.30. The number of rotatable bonds is 8. The molecule has 1 aromatic heterocycles. The number of aliphatic hydroxyl groups is 1. The van der Waals surface area contributed by atoms with Gasteiger partial charge in [0, 0.05) is 31.0 Å². The van der Waals surface area contributed by atoms with E-state index in [4.69, 9.17) is 4.74 Å². The number of benzene rings is 1. The summed E-state index contributed by atoms with van der Waals surface area (Å²) in [7, 11) is 0. The Bertz CT molecular complexity index is 627. The lowest BCUT2D eigenvalue weighted by Crippen LogP contribution is -2.41. The Kier molecular flexibility index (Phi) is 6.55. The van der Waals surface area contributed by atoms with E-state index >= 15 is 0 Å². The molecular formula is C19H26FN3O2. The zero-order valence-corrected chi connectivity index (χ0v) is 14.4. The van der Waals surface area contributed by atoms with Gasteiger partial charge in [0.25, 0.3) is 0 Å². The molecule has 0 unspecified atom stereocenters. The van der Waals surface area contributed by atoms with E-state index in [9.17, 15) is 9.50 Å². The number of aromatic nitrogens is 2. The van der Waals surface area contributed by atoms with Crippen LogP contribution in [0.25, 0.3) is 0 Å². The standard InChI is InChI=1S/C19H26FN3O2/c20-19-5-2-1-4-17(19)14-25-15-18(24)13-22-10-6-16(7-11-22)12-23-9-3-8-21-23/h1-5,8-9,16,18,24H,6-7,10-15H2/t18-/m1/s1. The number of ether oxygens (including phenoxy) is 1. The molecule has 1 fully saturated rings. The molecule has 0 aliphatic carbocycles. The highest BCUT2D eigenvalue weighted by Crippen LogP contribution is 2.19. The molecule has 1 aliphatic rings. The molecule has 1 saturated heterocycles. The van der Waals surface area contributed by atoms with Crippen molar-refractivity contribution in [2.24, 2.45) is 5.92 Å². The first-order valence-electron chi connectivity index (χ1n) is 8.89. The number of nitrogens with zero attached hydrogens (tertiary/aromatic N) is 3. The van der Waals surface area contributed by atoms with E-state index in [0.717, 1.165) is 32.5 Å². The lowest BCUT2D eigenvalue weighted by atomic mass is 9.96. The zero-order valence-electron chi connectivity index (χ0n) is 14.4. The van der Waals surface area contributed by atoms with Crippen LogP contribution in [0.4, 0.5) is 4.39 Å². The molecule has 2 aromatic rings. The first-order valence-corrected chi connectivity index (χ1v) is 8.89. The average molecular weight is 347 g/mol. The molecule has 0 bridgehead atoms. The minimum absolute atomic E-state index is 0.190. The number of hydrogen-bond acceptors (Lipinski definition) is 4. The van der Waals surface area contributed by atoms with Gasteiger partial charge in [0.2, 0.25) is 0 Å². The normalized spacial score (nSPS) is 17.7. The summed E-state index contributed by atoms with van der Waals surface area (Å²) in [4.78, 5) is 2.27. The molecule has 1 N–H and O–H groups in total. The van der Waals surface area contributed by atoms with Crippen LogP contribution in [0.2, 0.25) is 0 Å². The van der Waals surface area contributed by atoms with Crippen LogP contribution in [0.3, 0.4) is 0 Å². The van der Waals surface area contributed by atoms with Crippen molar-refractivity contribution < 1.29 is 14.2 Å². The minimum Gasteiger partial charge on any atom is -0.389 e. The van der Waals surface area contributed by atoms with Crippen LogP contribution in [-0.4, -0.2) is 52.1 Å². The Hall–Kier alpha value is -1.76. The topological polar surface area (TPSA) is 50.5 Å².